The number of alkyl halides is 3. The summed E-state index contributed by atoms with van der Waals surface area (Å²) in [7, 11) is 0. The van der Waals surface area contributed by atoms with Crippen LogP contribution in [0.25, 0.3) is 0 Å². The maximum atomic E-state index is 13.0. The van der Waals surface area contributed by atoms with Crippen LogP contribution in [0.5, 0.6) is 0 Å². The van der Waals surface area contributed by atoms with Crippen LogP contribution in [-0.2, 0) is 6.18 Å². The van der Waals surface area contributed by atoms with Gasteiger partial charge in [-0.15, -0.1) is 0 Å². The molecule has 2 saturated heterocycles. The summed E-state index contributed by atoms with van der Waals surface area (Å²) < 4.78 is 39.1. The van der Waals surface area contributed by atoms with Crippen LogP contribution in [0.3, 0.4) is 0 Å². The van der Waals surface area contributed by atoms with Crippen LogP contribution in [0, 0.1) is 0 Å². The largest absolute Gasteiger partial charge is 0.416 e. The van der Waals surface area contributed by atoms with Gasteiger partial charge in [-0.1, -0.05) is 0 Å². The minimum atomic E-state index is -4.42. The maximum Gasteiger partial charge on any atom is 0.416 e. The van der Waals surface area contributed by atoms with Gasteiger partial charge < -0.3 is 15.5 Å². The summed E-state index contributed by atoms with van der Waals surface area (Å²) in [6, 6.07) is 4.16. The smallest absolute Gasteiger partial charge is 0.338 e. The van der Waals surface area contributed by atoms with Crippen molar-refractivity contribution < 1.29 is 13.2 Å². The van der Waals surface area contributed by atoms with Crippen molar-refractivity contribution in [1.29, 1.82) is 0 Å². The van der Waals surface area contributed by atoms with Crippen molar-refractivity contribution in [1.82, 2.24) is 20.3 Å². The molecule has 156 valence electrons. The number of aromatic nitrogens is 3. The zero-order chi connectivity index (χ0) is 20.4. The van der Waals surface area contributed by atoms with E-state index in [1.165, 1.54) is 0 Å². The molecule has 2 aromatic rings. The van der Waals surface area contributed by atoms with Crippen molar-refractivity contribution >= 4 is 17.6 Å². The van der Waals surface area contributed by atoms with Gasteiger partial charge in [-0.25, -0.2) is 9.97 Å². The normalized spacial score (nSPS) is 20.8. The van der Waals surface area contributed by atoms with E-state index >= 15 is 0 Å². The maximum absolute atomic E-state index is 13.0. The third-order valence-electron chi connectivity index (χ3n) is 5.64. The molecule has 6 nitrogen and oxygen atoms in total. The summed E-state index contributed by atoms with van der Waals surface area (Å²) in [5.41, 5.74) is 0.195. The Labute approximate surface area is 168 Å². The molecule has 29 heavy (non-hydrogen) atoms. The number of anilines is 3. The molecule has 2 N–H and O–H groups in total. The van der Waals surface area contributed by atoms with E-state index in [0.29, 0.717) is 23.7 Å². The van der Waals surface area contributed by atoms with Gasteiger partial charge in [0.05, 0.1) is 11.3 Å². The van der Waals surface area contributed by atoms with E-state index in [1.54, 1.807) is 0 Å². The number of rotatable bonds is 4. The average molecular weight is 406 g/mol. The van der Waals surface area contributed by atoms with Crippen LogP contribution in [0.4, 0.5) is 30.8 Å². The molecule has 2 aliphatic rings. The number of pyridine rings is 1. The lowest BCUT2D eigenvalue weighted by molar-refractivity contribution is -0.137. The van der Waals surface area contributed by atoms with Gasteiger partial charge in [-0.3, -0.25) is 0 Å². The first-order valence-electron chi connectivity index (χ1n) is 10.1. The molecule has 0 radical (unpaired) electrons. The van der Waals surface area contributed by atoms with Crippen molar-refractivity contribution in [2.45, 2.75) is 50.7 Å². The van der Waals surface area contributed by atoms with Crippen molar-refractivity contribution in [3.05, 3.63) is 35.7 Å². The predicted octanol–water partition coefficient (Wildman–Crippen LogP) is 4.09. The highest BCUT2D eigenvalue weighted by atomic mass is 19.4. The molecule has 9 heteroatoms. The lowest BCUT2D eigenvalue weighted by Gasteiger charge is -2.26. The Kier molecular flexibility index (Phi) is 5.58. The molecular formula is C20H25F3N6. The van der Waals surface area contributed by atoms with Crippen LogP contribution in [-0.4, -0.2) is 40.6 Å². The molecule has 2 aromatic heterocycles. The molecule has 0 saturated carbocycles. The van der Waals surface area contributed by atoms with E-state index in [2.05, 4.69) is 32.4 Å². The molecular weight excluding hydrogens is 381 g/mol. The van der Waals surface area contributed by atoms with Gasteiger partial charge >= 0.3 is 6.18 Å². The Bertz CT molecular complexity index is 850. The third-order valence-corrected chi connectivity index (χ3v) is 5.64. The molecule has 2 aliphatic heterocycles. The quantitative estimate of drug-likeness (QED) is 0.797. The van der Waals surface area contributed by atoms with Crippen LogP contribution >= 0.6 is 0 Å². The van der Waals surface area contributed by atoms with Gasteiger partial charge in [0, 0.05) is 30.8 Å². The second-order valence-electron chi connectivity index (χ2n) is 7.74. The molecule has 4 rings (SSSR count). The first-order chi connectivity index (χ1) is 13.9. The highest BCUT2D eigenvalue weighted by molar-refractivity contribution is 5.55. The number of hydrogen-bond acceptors (Lipinski definition) is 6. The van der Waals surface area contributed by atoms with E-state index < -0.39 is 11.7 Å². The van der Waals surface area contributed by atoms with Crippen LogP contribution in [0.15, 0.2) is 24.4 Å². The summed E-state index contributed by atoms with van der Waals surface area (Å²) in [5, 5.41) is 6.32. The fraction of sp³-hybridized carbons (Fsp3) is 0.550. The van der Waals surface area contributed by atoms with Gasteiger partial charge in [0.15, 0.2) is 0 Å². The minimum Gasteiger partial charge on any atom is -0.338 e. The fourth-order valence-corrected chi connectivity index (χ4v) is 4.01. The number of piperidine rings is 1. The Morgan fingerprint density at radius 1 is 1.10 bits per heavy atom. The topological polar surface area (TPSA) is 66.0 Å². The number of nitrogens with zero attached hydrogens (tertiary/aromatic N) is 4. The van der Waals surface area contributed by atoms with Gasteiger partial charge in [0.1, 0.15) is 11.6 Å². The van der Waals surface area contributed by atoms with Crippen LogP contribution in [0.1, 0.15) is 49.8 Å². The number of hydrogen-bond donors (Lipinski definition) is 2. The monoisotopic (exact) mass is 406 g/mol. The molecule has 1 atom stereocenters. The summed E-state index contributed by atoms with van der Waals surface area (Å²) >= 11 is 0. The molecule has 2 fully saturated rings. The lowest BCUT2D eigenvalue weighted by atomic mass is 9.94. The first kappa shape index (κ1) is 19.9. The average Bonchev–Trinajstić information content (AvgIpc) is 3.14. The predicted molar refractivity (Wildman–Crippen MR) is 105 cm³/mol. The fourth-order valence-electron chi connectivity index (χ4n) is 4.01. The van der Waals surface area contributed by atoms with E-state index in [9.17, 15) is 13.2 Å². The van der Waals surface area contributed by atoms with Gasteiger partial charge in [0.25, 0.3) is 0 Å². The summed E-state index contributed by atoms with van der Waals surface area (Å²) in [4.78, 5) is 15.7. The SMILES string of the molecule is CC1CCCN1c1nc(Nc2cc(C(F)(F)F)ccn2)cc(C2CCNCC2)n1. The molecule has 0 spiro atoms. The Hall–Kier alpha value is -2.42. The first-order valence-corrected chi connectivity index (χ1v) is 10.1. The second kappa shape index (κ2) is 8.14. The summed E-state index contributed by atoms with van der Waals surface area (Å²) in [5.74, 6) is 1.55. The molecule has 0 aliphatic carbocycles. The second-order valence-corrected chi connectivity index (χ2v) is 7.74. The molecule has 4 heterocycles. The molecule has 0 bridgehead atoms. The van der Waals surface area contributed by atoms with E-state index in [0.717, 1.165) is 69.3 Å². The minimum absolute atomic E-state index is 0.121. The molecule has 1 unspecified atom stereocenters. The molecule has 0 amide bonds. The Morgan fingerprint density at radius 3 is 2.59 bits per heavy atom. The van der Waals surface area contributed by atoms with Crippen LogP contribution < -0.4 is 15.5 Å². The van der Waals surface area contributed by atoms with E-state index in [1.807, 2.05) is 6.07 Å². The molecule has 0 aromatic carbocycles. The third kappa shape index (κ3) is 4.60. The van der Waals surface area contributed by atoms with E-state index in [4.69, 9.17) is 4.98 Å². The standard InChI is InChI=1S/C20H25F3N6/c1-13-3-2-10-29(13)19-26-16(14-4-7-24-8-5-14)12-18(28-19)27-17-11-15(6-9-25-17)20(21,22)23/h6,9,11-14,24H,2-5,7-8,10H2,1H3,(H,25,26,27,28). The Balaban J connectivity index is 1.66. The van der Waals surface area contributed by atoms with Crippen molar-refractivity contribution in [3.63, 3.8) is 0 Å². The van der Waals surface area contributed by atoms with Gasteiger partial charge in [-0.2, -0.15) is 18.2 Å². The van der Waals surface area contributed by atoms with Gasteiger partial charge in [-0.05, 0) is 57.8 Å². The number of nitrogens with one attached hydrogen (secondary N) is 2. The highest BCUT2D eigenvalue weighted by Crippen LogP contribution is 2.32. The van der Waals surface area contributed by atoms with Gasteiger partial charge in [0.2, 0.25) is 5.95 Å². The van der Waals surface area contributed by atoms with Crippen LogP contribution in [0.2, 0.25) is 0 Å². The van der Waals surface area contributed by atoms with Crippen molar-refractivity contribution in [2.75, 3.05) is 29.9 Å². The zero-order valence-corrected chi connectivity index (χ0v) is 16.3. The lowest BCUT2D eigenvalue weighted by Crippen LogP contribution is -2.30. The zero-order valence-electron chi connectivity index (χ0n) is 16.3. The Morgan fingerprint density at radius 2 is 1.90 bits per heavy atom. The van der Waals surface area contributed by atoms with E-state index in [-0.39, 0.29) is 5.82 Å². The summed E-state index contributed by atoms with van der Waals surface area (Å²) in [6.07, 6.45) is 0.865. The summed E-state index contributed by atoms with van der Waals surface area (Å²) in [6.45, 7) is 4.90. The highest BCUT2D eigenvalue weighted by Gasteiger charge is 2.31. The van der Waals surface area contributed by atoms with Crippen molar-refractivity contribution in [3.8, 4) is 0 Å². The van der Waals surface area contributed by atoms with Crippen molar-refractivity contribution in [2.24, 2.45) is 0 Å². The number of halogens is 3.